The molecule has 2 nitrogen and oxygen atoms in total. The number of hydrogen-bond donors (Lipinski definition) is 1. The van der Waals surface area contributed by atoms with Gasteiger partial charge in [0, 0.05) is 23.8 Å². The molecule has 0 spiro atoms. The van der Waals surface area contributed by atoms with Crippen molar-refractivity contribution in [1.29, 1.82) is 0 Å². The molecule has 0 aliphatic carbocycles. The maximum atomic E-state index is 3.51. The largest absolute Gasteiger partial charge is 0.365 e. The van der Waals surface area contributed by atoms with E-state index in [1.807, 2.05) is 0 Å². The zero-order valence-corrected chi connectivity index (χ0v) is 13.2. The van der Waals surface area contributed by atoms with E-state index in [4.69, 9.17) is 0 Å². The minimum atomic E-state index is 0.725. The van der Waals surface area contributed by atoms with Crippen LogP contribution in [0, 0.1) is 0 Å². The Hall–Kier alpha value is -1.02. The first-order valence-corrected chi connectivity index (χ1v) is 8.34. The third-order valence-corrected chi connectivity index (χ3v) is 5.36. The number of hydrogen-bond acceptors (Lipinski definition) is 2. The van der Waals surface area contributed by atoms with Crippen molar-refractivity contribution >= 4 is 5.69 Å². The van der Waals surface area contributed by atoms with Gasteiger partial charge in [0.25, 0.3) is 0 Å². The van der Waals surface area contributed by atoms with Crippen LogP contribution in [-0.4, -0.2) is 25.2 Å². The minimum Gasteiger partial charge on any atom is -0.365 e. The maximum absolute atomic E-state index is 3.51. The van der Waals surface area contributed by atoms with Crippen molar-refractivity contribution in [2.24, 2.45) is 0 Å². The molecule has 0 amide bonds. The van der Waals surface area contributed by atoms with Gasteiger partial charge < -0.3 is 10.2 Å². The van der Waals surface area contributed by atoms with Crippen LogP contribution in [0.1, 0.15) is 50.7 Å². The van der Waals surface area contributed by atoms with Gasteiger partial charge in [0.05, 0.1) is 0 Å². The summed E-state index contributed by atoms with van der Waals surface area (Å²) in [7, 11) is 2.12. The van der Waals surface area contributed by atoms with E-state index in [0.29, 0.717) is 0 Å². The molecule has 3 rings (SSSR count). The third-order valence-electron chi connectivity index (χ3n) is 5.36. The van der Waals surface area contributed by atoms with E-state index >= 15 is 0 Å². The molecule has 20 heavy (non-hydrogen) atoms. The second-order valence-corrected chi connectivity index (χ2v) is 6.38. The van der Waals surface area contributed by atoms with Gasteiger partial charge in [-0.1, -0.05) is 32.0 Å². The quantitative estimate of drug-likeness (QED) is 0.902. The molecule has 0 aromatic heterocycles. The lowest BCUT2D eigenvalue weighted by Gasteiger charge is -2.42. The Balaban J connectivity index is 1.98. The summed E-state index contributed by atoms with van der Waals surface area (Å²) in [6, 6.07) is 9.13. The zero-order chi connectivity index (χ0) is 14.1. The summed E-state index contributed by atoms with van der Waals surface area (Å²) in [5, 5.41) is 3.51. The van der Waals surface area contributed by atoms with Crippen molar-refractivity contribution in [3.05, 3.63) is 29.3 Å². The van der Waals surface area contributed by atoms with Crippen molar-refractivity contribution in [3.63, 3.8) is 0 Å². The van der Waals surface area contributed by atoms with Crippen molar-refractivity contribution in [3.8, 4) is 0 Å². The van der Waals surface area contributed by atoms with Crippen LogP contribution in [0.2, 0.25) is 0 Å². The van der Waals surface area contributed by atoms with Gasteiger partial charge in [0.1, 0.15) is 0 Å². The summed E-state index contributed by atoms with van der Waals surface area (Å²) in [6.07, 6.45) is 7.68. The fourth-order valence-corrected chi connectivity index (χ4v) is 4.32. The standard InChI is InChI=1S/C18H28N2/c1-4-13-7-6-8-14(5-2)18(13)20-16-9-10-17(20)12-15(11-16)19-3/h6-8,15-17,19H,4-5,9-12H2,1-3H3. The van der Waals surface area contributed by atoms with Crippen molar-refractivity contribution in [2.75, 3.05) is 11.9 Å². The highest BCUT2D eigenvalue weighted by atomic mass is 15.2. The number of para-hydroxylation sites is 1. The van der Waals surface area contributed by atoms with Gasteiger partial charge in [0.2, 0.25) is 0 Å². The molecule has 2 aliphatic rings. The van der Waals surface area contributed by atoms with Crippen LogP contribution in [0.5, 0.6) is 0 Å². The first-order valence-electron chi connectivity index (χ1n) is 8.34. The third kappa shape index (κ3) is 2.24. The molecular weight excluding hydrogens is 244 g/mol. The number of rotatable bonds is 4. The Kier molecular flexibility index (Phi) is 4.02. The molecule has 2 unspecified atom stereocenters. The van der Waals surface area contributed by atoms with Gasteiger partial charge in [-0.2, -0.15) is 0 Å². The highest BCUT2D eigenvalue weighted by molar-refractivity contribution is 5.62. The Labute approximate surface area is 123 Å². The van der Waals surface area contributed by atoms with Gasteiger partial charge >= 0.3 is 0 Å². The molecule has 2 saturated heterocycles. The second kappa shape index (κ2) is 5.77. The lowest BCUT2D eigenvalue weighted by atomic mass is 9.93. The fourth-order valence-electron chi connectivity index (χ4n) is 4.32. The van der Waals surface area contributed by atoms with Gasteiger partial charge in [-0.3, -0.25) is 0 Å². The van der Waals surface area contributed by atoms with E-state index in [2.05, 4.69) is 49.3 Å². The topological polar surface area (TPSA) is 15.3 Å². The van der Waals surface area contributed by atoms with Crippen LogP contribution in [0.15, 0.2) is 18.2 Å². The molecule has 0 saturated carbocycles. The average molecular weight is 272 g/mol. The van der Waals surface area contributed by atoms with Crippen LogP contribution in [-0.2, 0) is 12.8 Å². The normalized spacial score (nSPS) is 28.9. The average Bonchev–Trinajstić information content (AvgIpc) is 2.75. The summed E-state index contributed by atoms with van der Waals surface area (Å²) in [5.41, 5.74) is 4.67. The minimum absolute atomic E-state index is 0.725. The Bertz CT molecular complexity index is 432. The van der Waals surface area contributed by atoms with Gasteiger partial charge in [-0.15, -0.1) is 0 Å². The number of nitrogens with one attached hydrogen (secondary N) is 1. The molecule has 2 bridgehead atoms. The van der Waals surface area contributed by atoms with E-state index in [1.54, 1.807) is 16.8 Å². The number of nitrogens with zero attached hydrogens (tertiary/aromatic N) is 1. The Morgan fingerprint density at radius 2 is 1.60 bits per heavy atom. The van der Waals surface area contributed by atoms with Crippen LogP contribution in [0.4, 0.5) is 5.69 Å². The van der Waals surface area contributed by atoms with Crippen LogP contribution in [0.3, 0.4) is 0 Å². The summed E-state index contributed by atoms with van der Waals surface area (Å²) in [5.74, 6) is 0. The Morgan fingerprint density at radius 1 is 1.05 bits per heavy atom. The molecule has 1 aromatic carbocycles. The molecular formula is C18H28N2. The molecule has 1 N–H and O–H groups in total. The molecule has 110 valence electrons. The summed E-state index contributed by atoms with van der Waals surface area (Å²) in [6.45, 7) is 4.58. The van der Waals surface area contributed by atoms with E-state index in [9.17, 15) is 0 Å². The van der Waals surface area contributed by atoms with Crippen molar-refractivity contribution in [2.45, 2.75) is 70.5 Å². The fraction of sp³-hybridized carbons (Fsp3) is 0.667. The smallest absolute Gasteiger partial charge is 0.0436 e. The molecule has 2 heteroatoms. The first-order chi connectivity index (χ1) is 9.78. The van der Waals surface area contributed by atoms with Crippen molar-refractivity contribution in [1.82, 2.24) is 5.32 Å². The van der Waals surface area contributed by atoms with Gasteiger partial charge in [0.15, 0.2) is 0 Å². The predicted octanol–water partition coefficient (Wildman–Crippen LogP) is 3.53. The summed E-state index contributed by atoms with van der Waals surface area (Å²) >= 11 is 0. The number of piperidine rings is 1. The molecule has 2 atom stereocenters. The van der Waals surface area contributed by atoms with Crippen LogP contribution >= 0.6 is 0 Å². The first kappa shape index (κ1) is 13.9. The van der Waals surface area contributed by atoms with E-state index < -0.39 is 0 Å². The number of fused-ring (bicyclic) bond motifs is 2. The Morgan fingerprint density at radius 3 is 2.05 bits per heavy atom. The number of anilines is 1. The van der Waals surface area contributed by atoms with Crippen LogP contribution in [0.25, 0.3) is 0 Å². The highest BCUT2D eigenvalue weighted by Gasteiger charge is 2.41. The summed E-state index contributed by atoms with van der Waals surface area (Å²) in [4.78, 5) is 2.80. The molecule has 2 heterocycles. The van der Waals surface area contributed by atoms with E-state index in [1.165, 1.54) is 25.7 Å². The monoisotopic (exact) mass is 272 g/mol. The van der Waals surface area contributed by atoms with Crippen LogP contribution < -0.4 is 10.2 Å². The zero-order valence-electron chi connectivity index (χ0n) is 13.2. The van der Waals surface area contributed by atoms with E-state index in [-0.39, 0.29) is 0 Å². The SMILES string of the molecule is CCc1cccc(CC)c1N1C2CCC1CC(NC)C2. The molecule has 1 aromatic rings. The molecule has 0 radical (unpaired) electrons. The number of benzene rings is 1. The maximum Gasteiger partial charge on any atom is 0.0436 e. The number of aryl methyl sites for hydroxylation is 2. The molecule has 2 fully saturated rings. The van der Waals surface area contributed by atoms with Crippen molar-refractivity contribution < 1.29 is 0 Å². The second-order valence-electron chi connectivity index (χ2n) is 6.38. The highest BCUT2D eigenvalue weighted by Crippen LogP contribution is 2.42. The lowest BCUT2D eigenvalue weighted by Crippen LogP contribution is -2.49. The predicted molar refractivity (Wildman–Crippen MR) is 86.6 cm³/mol. The van der Waals surface area contributed by atoms with Gasteiger partial charge in [-0.05, 0) is 56.7 Å². The van der Waals surface area contributed by atoms with E-state index in [0.717, 1.165) is 31.0 Å². The van der Waals surface area contributed by atoms with Gasteiger partial charge in [-0.25, -0.2) is 0 Å². The molecule has 2 aliphatic heterocycles. The summed E-state index contributed by atoms with van der Waals surface area (Å²) < 4.78 is 0. The lowest BCUT2D eigenvalue weighted by molar-refractivity contribution is 0.373.